The second kappa shape index (κ2) is 6.29. The molecule has 1 fully saturated rings. The lowest BCUT2D eigenvalue weighted by Crippen LogP contribution is -2.33. The van der Waals surface area contributed by atoms with Crippen LogP contribution in [0, 0.1) is 0 Å². The van der Waals surface area contributed by atoms with Crippen molar-refractivity contribution in [2.24, 2.45) is 0 Å². The summed E-state index contributed by atoms with van der Waals surface area (Å²) in [7, 11) is 0. The second-order valence-electron chi connectivity index (χ2n) is 7.29. The van der Waals surface area contributed by atoms with Crippen molar-refractivity contribution in [2.45, 2.75) is 44.7 Å². The number of hydrogen-bond acceptors (Lipinski definition) is 6. The highest BCUT2D eigenvalue weighted by Gasteiger charge is 2.30. The van der Waals surface area contributed by atoms with Gasteiger partial charge in [-0.15, -0.1) is 5.10 Å². The molecule has 1 amide bonds. The van der Waals surface area contributed by atoms with E-state index < -0.39 is 0 Å². The maximum Gasteiger partial charge on any atom is 0.271 e. The van der Waals surface area contributed by atoms with E-state index in [1.807, 2.05) is 25.3 Å². The van der Waals surface area contributed by atoms with Gasteiger partial charge in [0.2, 0.25) is 0 Å². The molecule has 2 atom stereocenters. The molecule has 2 bridgehead atoms. The average Bonchev–Trinajstić information content (AvgIpc) is 3.32. The fourth-order valence-electron chi connectivity index (χ4n) is 4.11. The summed E-state index contributed by atoms with van der Waals surface area (Å²) in [6.45, 7) is 2.94. The smallest absolute Gasteiger partial charge is 0.271 e. The predicted molar refractivity (Wildman–Crippen MR) is 99.6 cm³/mol. The van der Waals surface area contributed by atoms with Gasteiger partial charge in [-0.05, 0) is 44.7 Å². The van der Waals surface area contributed by atoms with Crippen LogP contribution in [0.15, 0.2) is 30.9 Å². The van der Waals surface area contributed by atoms with Crippen molar-refractivity contribution in [3.63, 3.8) is 0 Å². The number of aryl methyl sites for hydroxylation is 1. The molecule has 0 aliphatic carbocycles. The summed E-state index contributed by atoms with van der Waals surface area (Å²) in [5, 5.41) is 7.81. The van der Waals surface area contributed by atoms with Crippen molar-refractivity contribution in [2.75, 3.05) is 11.4 Å². The number of fused-ring (bicyclic) bond motifs is 5. The number of rotatable bonds is 0. The molecule has 8 heteroatoms. The van der Waals surface area contributed by atoms with Gasteiger partial charge in [0.25, 0.3) is 5.91 Å². The first-order chi connectivity index (χ1) is 13.2. The third kappa shape index (κ3) is 2.72. The van der Waals surface area contributed by atoms with Crippen LogP contribution in [0.5, 0.6) is 0 Å². The molecule has 0 spiro atoms. The lowest BCUT2D eigenvalue weighted by Gasteiger charge is -2.27. The first-order valence-electron chi connectivity index (χ1n) is 9.42. The number of imidazole rings is 1. The highest BCUT2D eigenvalue weighted by atomic mass is 16.2. The molecule has 5 rings (SSSR count). The topological polar surface area (TPSA) is 88.3 Å². The molecule has 3 aromatic heterocycles. The van der Waals surface area contributed by atoms with Crippen LogP contribution in [0.4, 0.5) is 5.82 Å². The van der Waals surface area contributed by atoms with Crippen LogP contribution in [0.2, 0.25) is 0 Å². The van der Waals surface area contributed by atoms with Crippen LogP contribution in [0.3, 0.4) is 0 Å². The van der Waals surface area contributed by atoms with Crippen LogP contribution in [0.1, 0.15) is 54.0 Å². The fraction of sp³-hybridized carbons (Fsp3) is 0.421. The molecule has 5 heterocycles. The molecule has 3 aromatic rings. The lowest BCUT2D eigenvalue weighted by atomic mass is 10.00. The summed E-state index contributed by atoms with van der Waals surface area (Å²) in [6.07, 6.45) is 8.90. The molecule has 0 unspecified atom stereocenters. The molecule has 27 heavy (non-hydrogen) atoms. The monoisotopic (exact) mass is 363 g/mol. The standard InChI is InChI=1S/C19H21N7O/c1-12-4-5-14-13(9-20-11-22-14)15-3-2-8-25(15)18-7-6-17-21-10-16(19(27)23-12)26(17)24-18/h6-7,9-12,15H,2-5,8H2,1H3,(H,23,27)/t12-,15-/m1/s1. The Balaban J connectivity index is 1.68. The molecule has 2 aliphatic heterocycles. The van der Waals surface area contributed by atoms with Crippen molar-refractivity contribution in [1.29, 1.82) is 0 Å². The zero-order chi connectivity index (χ0) is 18.4. The van der Waals surface area contributed by atoms with Crippen LogP contribution in [0.25, 0.3) is 5.65 Å². The van der Waals surface area contributed by atoms with Gasteiger partial charge in [-0.1, -0.05) is 0 Å². The van der Waals surface area contributed by atoms with E-state index in [4.69, 9.17) is 5.10 Å². The lowest BCUT2D eigenvalue weighted by molar-refractivity contribution is 0.0931. The minimum Gasteiger partial charge on any atom is -0.348 e. The number of anilines is 1. The SMILES string of the molecule is C[C@@H]1CCc2ncncc2[C@H]2CCCN2c2ccc3ncc(n3n2)C(=O)N1. The van der Waals surface area contributed by atoms with E-state index in [9.17, 15) is 4.79 Å². The second-order valence-corrected chi connectivity index (χ2v) is 7.29. The van der Waals surface area contributed by atoms with Crippen molar-refractivity contribution < 1.29 is 4.79 Å². The first-order valence-corrected chi connectivity index (χ1v) is 9.42. The number of nitrogens with zero attached hydrogens (tertiary/aromatic N) is 6. The van der Waals surface area contributed by atoms with Gasteiger partial charge in [0.05, 0.1) is 12.2 Å². The molecule has 1 N–H and O–H groups in total. The number of nitrogens with one attached hydrogen (secondary N) is 1. The molecule has 138 valence electrons. The minimum atomic E-state index is -0.153. The molecule has 2 aliphatic rings. The van der Waals surface area contributed by atoms with Crippen molar-refractivity contribution in [3.05, 3.63) is 47.8 Å². The Hall–Kier alpha value is -3.03. The summed E-state index contributed by atoms with van der Waals surface area (Å²) >= 11 is 0. The van der Waals surface area contributed by atoms with E-state index in [0.717, 1.165) is 43.7 Å². The van der Waals surface area contributed by atoms with E-state index in [1.165, 1.54) is 5.56 Å². The zero-order valence-electron chi connectivity index (χ0n) is 15.2. The summed E-state index contributed by atoms with van der Waals surface area (Å²) < 4.78 is 1.65. The Kier molecular flexibility index (Phi) is 3.77. The van der Waals surface area contributed by atoms with Gasteiger partial charge >= 0.3 is 0 Å². The maximum atomic E-state index is 12.7. The molecule has 8 nitrogen and oxygen atoms in total. The van der Waals surface area contributed by atoms with Crippen LogP contribution >= 0.6 is 0 Å². The number of carbonyl (C=O) groups is 1. The molecule has 1 saturated heterocycles. The Bertz CT molecular complexity index is 1010. The average molecular weight is 363 g/mol. The first kappa shape index (κ1) is 16.2. The fourth-order valence-corrected chi connectivity index (χ4v) is 4.11. The summed E-state index contributed by atoms with van der Waals surface area (Å²) in [4.78, 5) is 28.2. The van der Waals surface area contributed by atoms with Crippen LogP contribution in [-0.4, -0.2) is 43.1 Å². The van der Waals surface area contributed by atoms with E-state index in [-0.39, 0.29) is 18.0 Å². The highest BCUT2D eigenvalue weighted by molar-refractivity contribution is 5.93. The molecule has 0 radical (unpaired) electrons. The van der Waals surface area contributed by atoms with Gasteiger partial charge in [0.15, 0.2) is 11.3 Å². The Morgan fingerprint density at radius 2 is 2.11 bits per heavy atom. The van der Waals surface area contributed by atoms with Gasteiger partial charge in [-0.2, -0.15) is 0 Å². The summed E-state index contributed by atoms with van der Waals surface area (Å²) in [5.74, 6) is 0.693. The van der Waals surface area contributed by atoms with Gasteiger partial charge in [0, 0.05) is 30.0 Å². The maximum absolute atomic E-state index is 12.7. The van der Waals surface area contributed by atoms with Crippen LogP contribution in [-0.2, 0) is 6.42 Å². The minimum absolute atomic E-state index is 0.0227. The summed E-state index contributed by atoms with van der Waals surface area (Å²) in [6, 6.07) is 4.13. The highest BCUT2D eigenvalue weighted by Crippen LogP contribution is 2.36. The third-order valence-electron chi connectivity index (χ3n) is 5.51. The van der Waals surface area contributed by atoms with Gasteiger partial charge in [-0.25, -0.2) is 19.5 Å². The predicted octanol–water partition coefficient (Wildman–Crippen LogP) is 1.93. The summed E-state index contributed by atoms with van der Waals surface area (Å²) in [5.41, 5.74) is 3.36. The van der Waals surface area contributed by atoms with Crippen molar-refractivity contribution in [1.82, 2.24) is 29.9 Å². The molecule has 0 aromatic carbocycles. The quantitative estimate of drug-likeness (QED) is 0.656. The largest absolute Gasteiger partial charge is 0.348 e. The molecule has 0 saturated carbocycles. The zero-order valence-corrected chi connectivity index (χ0v) is 15.2. The van der Waals surface area contributed by atoms with E-state index in [0.29, 0.717) is 11.3 Å². The van der Waals surface area contributed by atoms with Crippen molar-refractivity contribution in [3.8, 4) is 0 Å². The van der Waals surface area contributed by atoms with E-state index >= 15 is 0 Å². The van der Waals surface area contributed by atoms with E-state index in [2.05, 4.69) is 25.2 Å². The van der Waals surface area contributed by atoms with Gasteiger partial charge in [0.1, 0.15) is 12.1 Å². The van der Waals surface area contributed by atoms with Crippen molar-refractivity contribution >= 4 is 17.4 Å². The third-order valence-corrected chi connectivity index (χ3v) is 5.51. The normalized spacial score (nSPS) is 22.6. The number of aromatic nitrogens is 5. The van der Waals surface area contributed by atoms with Gasteiger partial charge < -0.3 is 10.2 Å². The Morgan fingerprint density at radius 3 is 3.04 bits per heavy atom. The number of amides is 1. The molecular formula is C19H21N7O. The number of carbonyl (C=O) groups excluding carboxylic acids is 1. The van der Waals surface area contributed by atoms with Gasteiger partial charge in [-0.3, -0.25) is 4.79 Å². The van der Waals surface area contributed by atoms with Crippen LogP contribution < -0.4 is 10.2 Å². The Morgan fingerprint density at radius 1 is 1.19 bits per heavy atom. The Labute approximate surface area is 156 Å². The molecular weight excluding hydrogens is 342 g/mol. The number of hydrogen-bond donors (Lipinski definition) is 1. The van der Waals surface area contributed by atoms with E-state index in [1.54, 1.807) is 17.0 Å².